The highest BCUT2D eigenvalue weighted by atomic mass is 32.2. The molecule has 0 spiro atoms. The lowest BCUT2D eigenvalue weighted by Crippen LogP contribution is -2.35. The van der Waals surface area contributed by atoms with Gasteiger partial charge < -0.3 is 10.1 Å². The molecule has 10 heteroatoms. The molecule has 1 aliphatic rings. The number of esters is 1. The minimum absolute atomic E-state index is 0.132. The smallest absolute Gasteiger partial charge is 0.311 e. The van der Waals surface area contributed by atoms with Crippen molar-refractivity contribution in [2.75, 3.05) is 25.0 Å². The minimum atomic E-state index is -3.54. The molecule has 1 saturated heterocycles. The number of carbonyl (C=O) groups is 2. The molecule has 1 aliphatic heterocycles. The van der Waals surface area contributed by atoms with Gasteiger partial charge in [-0.25, -0.2) is 12.8 Å². The Balaban J connectivity index is 1.50. The Bertz CT molecular complexity index is 984. The van der Waals surface area contributed by atoms with Gasteiger partial charge in [-0.1, -0.05) is 12.5 Å². The van der Waals surface area contributed by atoms with Gasteiger partial charge in [0.1, 0.15) is 10.0 Å². The number of nitrogens with zero attached hydrogens (tertiary/aromatic N) is 1. The summed E-state index contributed by atoms with van der Waals surface area (Å²) in [5, 5.41) is 2.42. The second kappa shape index (κ2) is 9.47. The predicted octanol–water partition coefficient (Wildman–Crippen LogP) is 2.79. The lowest BCUT2D eigenvalue weighted by molar-refractivity contribution is -0.146. The van der Waals surface area contributed by atoms with E-state index in [1.54, 1.807) is 6.07 Å². The molecule has 0 unspecified atom stereocenters. The van der Waals surface area contributed by atoms with Crippen LogP contribution in [0.25, 0.3) is 0 Å². The number of halogens is 1. The zero-order valence-electron chi connectivity index (χ0n) is 15.6. The Hall–Kier alpha value is -2.30. The third kappa shape index (κ3) is 5.84. The maximum absolute atomic E-state index is 13.1. The Morgan fingerprint density at radius 2 is 1.90 bits per heavy atom. The number of benzene rings is 1. The molecule has 156 valence electrons. The molecule has 1 aromatic carbocycles. The molecule has 0 bridgehead atoms. The van der Waals surface area contributed by atoms with Crippen LogP contribution in [0.5, 0.6) is 0 Å². The lowest BCUT2D eigenvalue weighted by Gasteiger charge is -2.25. The van der Waals surface area contributed by atoms with Crippen molar-refractivity contribution < 1.29 is 27.1 Å². The summed E-state index contributed by atoms with van der Waals surface area (Å²) >= 11 is 1.03. The maximum Gasteiger partial charge on any atom is 0.311 e. The lowest BCUT2D eigenvalue weighted by atomic mass is 10.2. The molecule has 0 saturated carbocycles. The number of hydrogen-bond donors (Lipinski definition) is 1. The molecule has 3 rings (SSSR count). The first-order chi connectivity index (χ1) is 13.8. The summed E-state index contributed by atoms with van der Waals surface area (Å²) in [6.07, 6.45) is 2.59. The highest BCUT2D eigenvalue weighted by Crippen LogP contribution is 2.27. The molecule has 0 atom stereocenters. The molecule has 1 aromatic heterocycles. The number of piperidine rings is 1. The first-order valence-electron chi connectivity index (χ1n) is 9.14. The molecule has 29 heavy (non-hydrogen) atoms. The van der Waals surface area contributed by atoms with Crippen molar-refractivity contribution in [3.63, 3.8) is 0 Å². The first kappa shape index (κ1) is 21.4. The van der Waals surface area contributed by atoms with E-state index in [9.17, 15) is 22.4 Å². The Labute approximate surface area is 172 Å². The Morgan fingerprint density at radius 3 is 2.62 bits per heavy atom. The van der Waals surface area contributed by atoms with Gasteiger partial charge in [0.05, 0.1) is 6.42 Å². The summed E-state index contributed by atoms with van der Waals surface area (Å²) in [4.78, 5) is 24.3. The van der Waals surface area contributed by atoms with Gasteiger partial charge in [0.15, 0.2) is 6.61 Å². The van der Waals surface area contributed by atoms with Crippen LogP contribution >= 0.6 is 11.3 Å². The van der Waals surface area contributed by atoms with Crippen LogP contribution in [0.3, 0.4) is 0 Å². The summed E-state index contributed by atoms with van der Waals surface area (Å²) in [6.45, 7) is 0.510. The largest absolute Gasteiger partial charge is 0.455 e. The second-order valence-corrected chi connectivity index (χ2v) is 9.91. The molecule has 2 heterocycles. The van der Waals surface area contributed by atoms with Crippen molar-refractivity contribution >= 4 is 38.9 Å². The third-order valence-corrected chi connectivity index (χ3v) is 7.79. The summed E-state index contributed by atoms with van der Waals surface area (Å²) in [5.74, 6) is -1.74. The zero-order chi connectivity index (χ0) is 20.9. The van der Waals surface area contributed by atoms with E-state index in [2.05, 4.69) is 5.32 Å². The summed E-state index contributed by atoms with van der Waals surface area (Å²) in [7, 11) is -3.54. The molecule has 2 aromatic rings. The van der Waals surface area contributed by atoms with E-state index in [0.29, 0.717) is 18.0 Å². The van der Waals surface area contributed by atoms with Crippen LogP contribution in [0.15, 0.2) is 40.6 Å². The van der Waals surface area contributed by atoms with Crippen LogP contribution in [0.1, 0.15) is 24.1 Å². The van der Waals surface area contributed by atoms with Crippen LogP contribution in [-0.4, -0.2) is 44.3 Å². The maximum atomic E-state index is 13.1. The SMILES string of the molecule is O=C(COC(=O)Cc1ccc(S(=O)(=O)N2CCCCC2)s1)Nc1cccc(F)c1. The van der Waals surface area contributed by atoms with Crippen molar-refractivity contribution in [3.05, 3.63) is 47.1 Å². The Morgan fingerprint density at radius 1 is 1.14 bits per heavy atom. The Kier molecular flexibility index (Phi) is 6.99. The standard InChI is InChI=1S/C19H21FN2O5S2/c20-14-5-4-6-15(11-14)21-17(23)13-27-18(24)12-16-7-8-19(28-16)29(25,26)22-9-2-1-3-10-22/h4-8,11H,1-3,9-10,12-13H2,(H,21,23). The fourth-order valence-corrected chi connectivity index (χ4v) is 5.94. The zero-order valence-corrected chi connectivity index (χ0v) is 17.2. The first-order valence-corrected chi connectivity index (χ1v) is 11.4. The van der Waals surface area contributed by atoms with Gasteiger partial charge in [-0.15, -0.1) is 11.3 Å². The number of amides is 1. The second-order valence-electron chi connectivity index (χ2n) is 6.58. The highest BCUT2D eigenvalue weighted by molar-refractivity contribution is 7.91. The normalized spacial score (nSPS) is 15.1. The molecule has 1 N–H and O–H groups in total. The molecule has 0 radical (unpaired) electrons. The number of sulfonamides is 1. The van der Waals surface area contributed by atoms with Crippen molar-refractivity contribution in [1.29, 1.82) is 0 Å². The number of nitrogens with one attached hydrogen (secondary N) is 1. The van der Waals surface area contributed by atoms with Gasteiger partial charge in [0.25, 0.3) is 15.9 Å². The fraction of sp³-hybridized carbons (Fsp3) is 0.368. The van der Waals surface area contributed by atoms with Crippen LogP contribution in [0, 0.1) is 5.82 Å². The average molecular weight is 441 g/mol. The van der Waals surface area contributed by atoms with E-state index in [1.165, 1.54) is 28.6 Å². The highest BCUT2D eigenvalue weighted by Gasteiger charge is 2.27. The molecule has 1 fully saturated rings. The predicted molar refractivity (Wildman–Crippen MR) is 107 cm³/mol. The average Bonchev–Trinajstić information content (AvgIpc) is 3.16. The van der Waals surface area contributed by atoms with Crippen molar-refractivity contribution in [2.24, 2.45) is 0 Å². The molecular weight excluding hydrogens is 419 g/mol. The van der Waals surface area contributed by atoms with E-state index < -0.39 is 34.3 Å². The topological polar surface area (TPSA) is 92.8 Å². The van der Waals surface area contributed by atoms with Gasteiger partial charge >= 0.3 is 5.97 Å². The monoisotopic (exact) mass is 440 g/mol. The number of anilines is 1. The van der Waals surface area contributed by atoms with Gasteiger partial charge in [0, 0.05) is 23.7 Å². The van der Waals surface area contributed by atoms with E-state index in [0.717, 1.165) is 36.7 Å². The van der Waals surface area contributed by atoms with E-state index in [-0.39, 0.29) is 16.3 Å². The number of hydrogen-bond acceptors (Lipinski definition) is 6. The third-order valence-electron chi connectivity index (χ3n) is 4.34. The number of rotatable bonds is 7. The molecule has 0 aliphatic carbocycles. The summed E-state index contributed by atoms with van der Waals surface area (Å²) < 4.78 is 45.0. The van der Waals surface area contributed by atoms with Gasteiger partial charge in [0.2, 0.25) is 0 Å². The molecule has 7 nitrogen and oxygen atoms in total. The molecular formula is C19H21FN2O5S2. The fourth-order valence-electron chi connectivity index (χ4n) is 2.93. The van der Waals surface area contributed by atoms with Gasteiger partial charge in [-0.05, 0) is 43.2 Å². The van der Waals surface area contributed by atoms with Crippen molar-refractivity contribution in [3.8, 4) is 0 Å². The van der Waals surface area contributed by atoms with Crippen LogP contribution < -0.4 is 5.32 Å². The van der Waals surface area contributed by atoms with Gasteiger partial charge in [-0.2, -0.15) is 4.31 Å². The summed E-state index contributed by atoms with van der Waals surface area (Å²) in [6, 6.07) is 8.43. The number of carbonyl (C=O) groups excluding carboxylic acids is 2. The van der Waals surface area contributed by atoms with E-state index in [1.807, 2.05) is 0 Å². The number of thiophene rings is 1. The van der Waals surface area contributed by atoms with Crippen LogP contribution in [-0.2, 0) is 30.8 Å². The number of ether oxygens (including phenoxy) is 1. The van der Waals surface area contributed by atoms with Gasteiger partial charge in [-0.3, -0.25) is 9.59 Å². The van der Waals surface area contributed by atoms with E-state index in [4.69, 9.17) is 4.74 Å². The minimum Gasteiger partial charge on any atom is -0.455 e. The summed E-state index contributed by atoms with van der Waals surface area (Å²) in [5.41, 5.74) is 0.261. The molecule has 1 amide bonds. The quantitative estimate of drug-likeness (QED) is 0.669. The van der Waals surface area contributed by atoms with Crippen molar-refractivity contribution in [1.82, 2.24) is 4.31 Å². The van der Waals surface area contributed by atoms with Crippen LogP contribution in [0.2, 0.25) is 0 Å². The van der Waals surface area contributed by atoms with Crippen molar-refractivity contribution in [2.45, 2.75) is 29.9 Å². The van der Waals surface area contributed by atoms with Crippen LogP contribution in [0.4, 0.5) is 10.1 Å². The van der Waals surface area contributed by atoms with E-state index >= 15 is 0 Å².